The zero-order chi connectivity index (χ0) is 17.8. The van der Waals surface area contributed by atoms with E-state index in [1.54, 1.807) is 37.3 Å². The zero-order valence-corrected chi connectivity index (χ0v) is 13.7. The molecule has 0 spiro atoms. The minimum Gasteiger partial charge on any atom is -0.508 e. The molecule has 0 radical (unpaired) electrons. The van der Waals surface area contributed by atoms with Gasteiger partial charge in [0.15, 0.2) is 0 Å². The molecule has 0 unspecified atom stereocenters. The van der Waals surface area contributed by atoms with Crippen molar-refractivity contribution in [3.8, 4) is 5.75 Å². The van der Waals surface area contributed by atoms with Crippen molar-refractivity contribution in [3.05, 3.63) is 71.3 Å². The average Bonchev–Trinajstić information content (AvgIpc) is 2.62. The molecule has 0 bridgehead atoms. The number of urea groups is 1. The Hall–Kier alpha value is -3.28. The number of aromatic hydroxyl groups is 1. The number of amides is 2. The first-order valence-electron chi connectivity index (χ1n) is 7.94. The van der Waals surface area contributed by atoms with Gasteiger partial charge < -0.3 is 20.5 Å². The Bertz CT molecular complexity index is 830. The van der Waals surface area contributed by atoms with Gasteiger partial charge in [-0.05, 0) is 18.6 Å². The van der Waals surface area contributed by atoms with Gasteiger partial charge >= 0.3 is 12.0 Å². The molecule has 0 saturated heterocycles. The highest BCUT2D eigenvalue weighted by atomic mass is 16.5. The van der Waals surface area contributed by atoms with Gasteiger partial charge in [-0.2, -0.15) is 0 Å². The van der Waals surface area contributed by atoms with Crippen molar-refractivity contribution in [2.24, 2.45) is 0 Å². The van der Waals surface area contributed by atoms with E-state index in [-0.39, 0.29) is 17.9 Å². The number of esters is 1. The summed E-state index contributed by atoms with van der Waals surface area (Å²) in [5.74, 6) is -0.564. The molecule has 3 rings (SSSR count). The van der Waals surface area contributed by atoms with Crippen molar-refractivity contribution in [2.45, 2.75) is 13.0 Å². The van der Waals surface area contributed by atoms with Crippen molar-refractivity contribution in [1.29, 1.82) is 0 Å². The highest BCUT2D eigenvalue weighted by Crippen LogP contribution is 2.35. The number of hydrogen-bond donors (Lipinski definition) is 3. The van der Waals surface area contributed by atoms with E-state index >= 15 is 0 Å². The molecule has 2 aromatic carbocycles. The Balaban J connectivity index is 2.20. The number of nitrogens with one attached hydrogen (secondary N) is 2. The van der Waals surface area contributed by atoms with Gasteiger partial charge in [-0.15, -0.1) is 0 Å². The summed E-state index contributed by atoms with van der Waals surface area (Å²) in [6.07, 6.45) is 0. The summed E-state index contributed by atoms with van der Waals surface area (Å²) in [6.45, 7) is 1.91. The van der Waals surface area contributed by atoms with E-state index < -0.39 is 18.0 Å². The molecule has 0 fully saturated rings. The zero-order valence-electron chi connectivity index (χ0n) is 13.7. The second-order valence-electron chi connectivity index (χ2n) is 5.47. The Morgan fingerprint density at radius 3 is 2.48 bits per heavy atom. The second kappa shape index (κ2) is 7.09. The van der Waals surface area contributed by atoms with Crippen LogP contribution < -0.4 is 10.6 Å². The quantitative estimate of drug-likeness (QED) is 0.748. The standard InChI is InChI=1S/C19H18N2O4/c1-2-25-18(23)15-16(12-8-4-3-5-9-12)20-19(24)21-17(15)13-10-6-7-11-14(13)22/h3-11,17,22H,2H2,1H3,(H2,20,21,24)/t17-/m0/s1. The van der Waals surface area contributed by atoms with Crippen LogP contribution in [0, 0.1) is 0 Å². The maximum atomic E-state index is 12.6. The molecule has 6 nitrogen and oxygen atoms in total. The van der Waals surface area contributed by atoms with Gasteiger partial charge in [-0.3, -0.25) is 0 Å². The maximum absolute atomic E-state index is 12.6. The monoisotopic (exact) mass is 338 g/mol. The molecule has 1 aliphatic heterocycles. The highest BCUT2D eigenvalue weighted by Gasteiger charge is 2.35. The lowest BCUT2D eigenvalue weighted by molar-refractivity contribution is -0.138. The number of carbonyl (C=O) groups is 2. The van der Waals surface area contributed by atoms with Crippen LogP contribution in [0.5, 0.6) is 5.75 Å². The molecule has 1 aliphatic rings. The number of phenolic OH excluding ortho intramolecular Hbond substituents is 1. The van der Waals surface area contributed by atoms with Crippen molar-refractivity contribution >= 4 is 17.7 Å². The van der Waals surface area contributed by atoms with Crippen LogP contribution in [0.3, 0.4) is 0 Å². The van der Waals surface area contributed by atoms with Crippen LogP contribution in [0.4, 0.5) is 4.79 Å². The van der Waals surface area contributed by atoms with Gasteiger partial charge in [-0.25, -0.2) is 9.59 Å². The Kier molecular flexibility index (Phi) is 4.70. The van der Waals surface area contributed by atoms with Gasteiger partial charge in [0.2, 0.25) is 0 Å². The predicted molar refractivity (Wildman–Crippen MR) is 92.5 cm³/mol. The molecule has 0 aliphatic carbocycles. The van der Waals surface area contributed by atoms with Crippen molar-refractivity contribution in [3.63, 3.8) is 0 Å². The Morgan fingerprint density at radius 1 is 1.12 bits per heavy atom. The largest absolute Gasteiger partial charge is 0.508 e. The van der Waals surface area contributed by atoms with Crippen molar-refractivity contribution < 1.29 is 19.4 Å². The number of carbonyl (C=O) groups excluding carboxylic acids is 2. The van der Waals surface area contributed by atoms with E-state index in [2.05, 4.69) is 10.6 Å². The fourth-order valence-corrected chi connectivity index (χ4v) is 2.79. The minimum absolute atomic E-state index is 0.0103. The first-order valence-corrected chi connectivity index (χ1v) is 7.94. The van der Waals surface area contributed by atoms with Crippen LogP contribution in [-0.4, -0.2) is 23.7 Å². The van der Waals surface area contributed by atoms with Gasteiger partial charge in [0.25, 0.3) is 0 Å². The number of para-hydroxylation sites is 1. The summed E-state index contributed by atoms with van der Waals surface area (Å²) in [5, 5.41) is 15.6. The summed E-state index contributed by atoms with van der Waals surface area (Å²) in [4.78, 5) is 24.8. The van der Waals surface area contributed by atoms with Crippen LogP contribution >= 0.6 is 0 Å². The average molecular weight is 338 g/mol. The minimum atomic E-state index is -0.816. The third kappa shape index (κ3) is 3.33. The topological polar surface area (TPSA) is 87.7 Å². The van der Waals surface area contributed by atoms with Crippen molar-refractivity contribution in [2.75, 3.05) is 6.61 Å². The first-order chi connectivity index (χ1) is 12.1. The summed E-state index contributed by atoms with van der Waals surface area (Å²) >= 11 is 0. The third-order valence-electron chi connectivity index (χ3n) is 3.88. The molecular formula is C19H18N2O4. The second-order valence-corrected chi connectivity index (χ2v) is 5.47. The SMILES string of the molecule is CCOC(=O)C1=C(c2ccccc2)NC(=O)N[C@H]1c1ccccc1O. The van der Waals surface area contributed by atoms with E-state index in [1.165, 1.54) is 6.07 Å². The summed E-state index contributed by atoms with van der Waals surface area (Å²) < 4.78 is 5.19. The Labute approximate surface area is 145 Å². The maximum Gasteiger partial charge on any atom is 0.338 e. The van der Waals surface area contributed by atoms with Crippen LogP contribution in [0.1, 0.15) is 24.1 Å². The lowest BCUT2D eigenvalue weighted by Gasteiger charge is -2.29. The Morgan fingerprint density at radius 2 is 1.80 bits per heavy atom. The molecule has 0 aromatic heterocycles. The number of hydrogen-bond acceptors (Lipinski definition) is 4. The molecular weight excluding hydrogens is 320 g/mol. The predicted octanol–water partition coefficient (Wildman–Crippen LogP) is 2.72. The van der Waals surface area contributed by atoms with E-state index in [0.29, 0.717) is 16.8 Å². The fourth-order valence-electron chi connectivity index (χ4n) is 2.79. The number of benzene rings is 2. The van der Waals surface area contributed by atoms with Gasteiger partial charge in [0.1, 0.15) is 5.75 Å². The molecule has 1 heterocycles. The van der Waals surface area contributed by atoms with E-state index in [0.717, 1.165) is 0 Å². The smallest absolute Gasteiger partial charge is 0.338 e. The molecule has 2 amide bonds. The van der Waals surface area contributed by atoms with E-state index in [4.69, 9.17) is 4.74 Å². The molecule has 2 aromatic rings. The van der Waals surface area contributed by atoms with Crippen LogP contribution in [0.2, 0.25) is 0 Å². The van der Waals surface area contributed by atoms with Gasteiger partial charge in [0, 0.05) is 5.56 Å². The third-order valence-corrected chi connectivity index (χ3v) is 3.88. The molecule has 3 N–H and O–H groups in total. The molecule has 128 valence electrons. The fraction of sp³-hybridized carbons (Fsp3) is 0.158. The molecule has 25 heavy (non-hydrogen) atoms. The van der Waals surface area contributed by atoms with Crippen LogP contribution in [0.15, 0.2) is 60.2 Å². The number of phenols is 1. The normalized spacial score (nSPS) is 16.8. The summed E-state index contributed by atoms with van der Waals surface area (Å²) in [7, 11) is 0. The van der Waals surface area contributed by atoms with E-state index in [1.807, 2.05) is 18.2 Å². The highest BCUT2D eigenvalue weighted by molar-refractivity contribution is 6.04. The van der Waals surface area contributed by atoms with Crippen LogP contribution in [0.25, 0.3) is 5.70 Å². The van der Waals surface area contributed by atoms with Crippen LogP contribution in [-0.2, 0) is 9.53 Å². The molecule has 1 atom stereocenters. The van der Waals surface area contributed by atoms with Crippen molar-refractivity contribution in [1.82, 2.24) is 10.6 Å². The lowest BCUT2D eigenvalue weighted by atomic mass is 9.92. The summed E-state index contributed by atoms with van der Waals surface area (Å²) in [6, 6.07) is 14.4. The molecule has 0 saturated carbocycles. The van der Waals surface area contributed by atoms with E-state index in [9.17, 15) is 14.7 Å². The number of ether oxygens (including phenoxy) is 1. The number of rotatable bonds is 4. The van der Waals surface area contributed by atoms with Gasteiger partial charge in [0.05, 0.1) is 23.9 Å². The lowest BCUT2D eigenvalue weighted by Crippen LogP contribution is -2.45. The summed E-state index contributed by atoms with van der Waals surface area (Å²) in [5.41, 5.74) is 1.72. The van der Waals surface area contributed by atoms with Gasteiger partial charge in [-0.1, -0.05) is 48.5 Å². The first kappa shape index (κ1) is 16.6. The molecule has 6 heteroatoms.